The molecule has 43 heavy (non-hydrogen) atoms. The fourth-order valence-corrected chi connectivity index (χ4v) is 7.50. The first-order chi connectivity index (χ1) is 21.3. The van der Waals surface area contributed by atoms with E-state index in [-0.39, 0.29) is 0 Å². The second kappa shape index (κ2) is 9.59. The monoisotopic (exact) mass is 567 g/mol. The summed E-state index contributed by atoms with van der Waals surface area (Å²) in [6, 6.07) is 54.3. The van der Waals surface area contributed by atoms with E-state index in [1.807, 2.05) is 23.5 Å². The molecule has 3 heteroatoms. The third-order valence-electron chi connectivity index (χ3n) is 8.43. The van der Waals surface area contributed by atoms with Gasteiger partial charge in [-0.2, -0.15) is 0 Å². The molecule has 9 aromatic rings. The average Bonchev–Trinajstić information content (AvgIpc) is 3.63. The molecule has 7 aromatic carbocycles. The van der Waals surface area contributed by atoms with E-state index in [0.717, 1.165) is 39.0 Å². The van der Waals surface area contributed by atoms with Crippen LogP contribution in [0.3, 0.4) is 0 Å². The van der Waals surface area contributed by atoms with Crippen LogP contribution in [0, 0.1) is 0 Å². The van der Waals surface area contributed by atoms with E-state index in [1.54, 1.807) is 0 Å². The van der Waals surface area contributed by atoms with E-state index in [2.05, 4.69) is 144 Å². The summed E-state index contributed by atoms with van der Waals surface area (Å²) in [5.41, 5.74) is 7.36. The van der Waals surface area contributed by atoms with E-state index >= 15 is 0 Å². The standard InChI is InChI=1S/C40H25NOS/c1-2-9-26(10-3-1)27-17-20-30(21-18-27)41(36-14-8-13-34-32-11-4-6-15-37(32)42-40(34)36)31-22-19-28-25-39-35(24-29(28)23-31)33-12-5-7-16-38(33)43-39/h1-25H. The normalized spacial score (nSPS) is 11.7. The van der Waals surface area contributed by atoms with Gasteiger partial charge in [-0.05, 0) is 76.5 Å². The Morgan fingerprint density at radius 3 is 2.05 bits per heavy atom. The molecule has 0 N–H and O–H groups in total. The van der Waals surface area contributed by atoms with Crippen LogP contribution in [-0.4, -0.2) is 0 Å². The van der Waals surface area contributed by atoms with Crippen LogP contribution in [-0.2, 0) is 0 Å². The van der Waals surface area contributed by atoms with Crippen LogP contribution in [0.1, 0.15) is 0 Å². The molecule has 2 heterocycles. The van der Waals surface area contributed by atoms with Crippen molar-refractivity contribution in [2.24, 2.45) is 0 Å². The van der Waals surface area contributed by atoms with Crippen LogP contribution in [0.5, 0.6) is 0 Å². The number of hydrogen-bond donors (Lipinski definition) is 0. The molecule has 0 aliphatic heterocycles. The summed E-state index contributed by atoms with van der Waals surface area (Å²) >= 11 is 1.86. The predicted molar refractivity (Wildman–Crippen MR) is 184 cm³/mol. The number of rotatable bonds is 4. The molecule has 0 aliphatic carbocycles. The van der Waals surface area contributed by atoms with Crippen LogP contribution < -0.4 is 4.90 Å². The smallest absolute Gasteiger partial charge is 0.159 e. The zero-order valence-electron chi connectivity index (χ0n) is 23.2. The second-order valence-corrected chi connectivity index (χ2v) is 12.1. The lowest BCUT2D eigenvalue weighted by atomic mass is 10.0. The molecule has 0 fully saturated rings. The van der Waals surface area contributed by atoms with Gasteiger partial charge >= 0.3 is 0 Å². The van der Waals surface area contributed by atoms with Gasteiger partial charge in [0.1, 0.15) is 5.58 Å². The fourth-order valence-electron chi connectivity index (χ4n) is 6.36. The second-order valence-electron chi connectivity index (χ2n) is 11.0. The van der Waals surface area contributed by atoms with E-state index < -0.39 is 0 Å². The Morgan fingerprint density at radius 1 is 0.442 bits per heavy atom. The third-order valence-corrected chi connectivity index (χ3v) is 9.57. The minimum atomic E-state index is 0.884. The molecule has 0 atom stereocenters. The van der Waals surface area contributed by atoms with Gasteiger partial charge < -0.3 is 9.32 Å². The van der Waals surface area contributed by atoms with Crippen LogP contribution in [0.25, 0.3) is 64.0 Å². The number of thiophene rings is 1. The zero-order chi connectivity index (χ0) is 28.3. The number of anilines is 3. The van der Waals surface area contributed by atoms with Crippen molar-refractivity contribution in [3.63, 3.8) is 0 Å². The molecular weight excluding hydrogens is 543 g/mol. The molecule has 9 rings (SSSR count). The molecule has 0 unspecified atom stereocenters. The summed E-state index contributed by atoms with van der Waals surface area (Å²) in [5, 5.41) is 7.33. The minimum Gasteiger partial charge on any atom is -0.454 e. The lowest BCUT2D eigenvalue weighted by Gasteiger charge is -2.26. The van der Waals surface area contributed by atoms with Crippen molar-refractivity contribution in [3.8, 4) is 11.1 Å². The van der Waals surface area contributed by atoms with Crippen molar-refractivity contribution < 1.29 is 4.42 Å². The van der Waals surface area contributed by atoms with Crippen molar-refractivity contribution in [2.75, 3.05) is 4.90 Å². The lowest BCUT2D eigenvalue weighted by molar-refractivity contribution is 0.669. The van der Waals surface area contributed by atoms with Crippen molar-refractivity contribution in [1.29, 1.82) is 0 Å². The SMILES string of the molecule is c1ccc(-c2ccc(N(c3ccc4cc5sc6ccccc6c5cc4c3)c3cccc4c3oc3ccccc34)cc2)cc1. The fraction of sp³-hybridized carbons (Fsp3) is 0. The van der Waals surface area contributed by atoms with Gasteiger partial charge in [-0.1, -0.05) is 97.1 Å². The lowest BCUT2D eigenvalue weighted by Crippen LogP contribution is -2.10. The Kier molecular flexibility index (Phi) is 5.40. The first-order valence-electron chi connectivity index (χ1n) is 14.5. The van der Waals surface area contributed by atoms with Gasteiger partial charge in [-0.25, -0.2) is 0 Å². The Bertz CT molecular complexity index is 2450. The first kappa shape index (κ1) is 24.2. The van der Waals surface area contributed by atoms with Gasteiger partial charge in [-0.15, -0.1) is 11.3 Å². The molecule has 202 valence electrons. The summed E-state index contributed by atoms with van der Waals surface area (Å²) in [6.07, 6.45) is 0. The van der Waals surface area contributed by atoms with E-state index in [4.69, 9.17) is 4.42 Å². The Labute approximate surface area is 252 Å². The minimum absolute atomic E-state index is 0.884. The third kappa shape index (κ3) is 3.93. The largest absolute Gasteiger partial charge is 0.454 e. The molecular formula is C40H25NOS. The highest BCUT2D eigenvalue weighted by Gasteiger charge is 2.20. The predicted octanol–water partition coefficient (Wildman–Crippen LogP) is 12.2. The molecule has 0 radical (unpaired) electrons. The molecule has 0 spiro atoms. The zero-order valence-corrected chi connectivity index (χ0v) is 24.0. The maximum Gasteiger partial charge on any atom is 0.159 e. The summed E-state index contributed by atoms with van der Waals surface area (Å²) in [6.45, 7) is 0. The van der Waals surface area contributed by atoms with Gasteiger partial charge in [0.2, 0.25) is 0 Å². The Balaban J connectivity index is 1.27. The van der Waals surface area contributed by atoms with Crippen molar-refractivity contribution in [1.82, 2.24) is 0 Å². The molecule has 0 saturated carbocycles. The molecule has 2 aromatic heterocycles. The summed E-state index contributed by atoms with van der Waals surface area (Å²) in [7, 11) is 0. The van der Waals surface area contributed by atoms with Crippen LogP contribution in [0.2, 0.25) is 0 Å². The number of benzene rings is 7. The highest BCUT2D eigenvalue weighted by molar-refractivity contribution is 7.25. The van der Waals surface area contributed by atoms with Gasteiger partial charge in [0.25, 0.3) is 0 Å². The quantitative estimate of drug-likeness (QED) is 0.210. The Hall–Kier alpha value is -5.38. The number of para-hydroxylation sites is 2. The first-order valence-corrected chi connectivity index (χ1v) is 15.3. The van der Waals surface area contributed by atoms with E-state index in [9.17, 15) is 0 Å². The van der Waals surface area contributed by atoms with Crippen molar-refractivity contribution >= 4 is 81.3 Å². The van der Waals surface area contributed by atoms with Crippen molar-refractivity contribution in [2.45, 2.75) is 0 Å². The number of fused-ring (bicyclic) bond motifs is 7. The number of hydrogen-bond acceptors (Lipinski definition) is 3. The molecule has 0 bridgehead atoms. The summed E-state index contributed by atoms with van der Waals surface area (Å²) in [5.74, 6) is 0. The van der Waals surface area contributed by atoms with Gasteiger partial charge in [-0.3, -0.25) is 0 Å². The molecule has 2 nitrogen and oxygen atoms in total. The van der Waals surface area contributed by atoms with E-state index in [1.165, 1.54) is 42.1 Å². The molecule has 0 saturated heterocycles. The molecule has 0 amide bonds. The topological polar surface area (TPSA) is 16.4 Å². The van der Waals surface area contributed by atoms with Gasteiger partial charge in [0.15, 0.2) is 5.58 Å². The number of nitrogens with zero attached hydrogens (tertiary/aromatic N) is 1. The highest BCUT2D eigenvalue weighted by atomic mass is 32.1. The summed E-state index contributed by atoms with van der Waals surface area (Å²) in [4.78, 5) is 2.33. The summed E-state index contributed by atoms with van der Waals surface area (Å²) < 4.78 is 9.19. The average molecular weight is 568 g/mol. The van der Waals surface area contributed by atoms with Crippen LogP contribution >= 0.6 is 11.3 Å². The highest BCUT2D eigenvalue weighted by Crippen LogP contribution is 2.44. The Morgan fingerprint density at radius 2 is 1.16 bits per heavy atom. The van der Waals surface area contributed by atoms with E-state index in [0.29, 0.717) is 0 Å². The van der Waals surface area contributed by atoms with Crippen LogP contribution in [0.4, 0.5) is 17.1 Å². The molecule has 0 aliphatic rings. The maximum atomic E-state index is 6.54. The van der Waals surface area contributed by atoms with Gasteiger partial charge in [0, 0.05) is 42.3 Å². The number of furan rings is 1. The van der Waals surface area contributed by atoms with Gasteiger partial charge in [0.05, 0.1) is 5.69 Å². The van der Waals surface area contributed by atoms with Crippen molar-refractivity contribution in [3.05, 3.63) is 152 Å². The van der Waals surface area contributed by atoms with Crippen LogP contribution in [0.15, 0.2) is 156 Å². The maximum absolute atomic E-state index is 6.54.